The molecular formula is C19H21N3O3. The number of nitrogens with zero attached hydrogens (tertiary/aromatic N) is 1. The van der Waals surface area contributed by atoms with Crippen molar-refractivity contribution in [1.29, 1.82) is 0 Å². The van der Waals surface area contributed by atoms with Gasteiger partial charge < -0.3 is 20.1 Å². The van der Waals surface area contributed by atoms with Crippen LogP contribution in [0.2, 0.25) is 0 Å². The zero-order valence-corrected chi connectivity index (χ0v) is 14.1. The van der Waals surface area contributed by atoms with Crippen molar-refractivity contribution in [3.8, 4) is 17.4 Å². The summed E-state index contributed by atoms with van der Waals surface area (Å²) in [7, 11) is 1.57. The number of methoxy groups -OCH3 is 1. The number of nitrogens with one attached hydrogen (secondary N) is 2. The molecule has 0 spiro atoms. The van der Waals surface area contributed by atoms with E-state index in [1.807, 2.05) is 0 Å². The van der Waals surface area contributed by atoms with Gasteiger partial charge in [-0.3, -0.25) is 4.79 Å². The number of carbonyl (C=O) groups is 1. The number of amides is 1. The molecule has 3 heterocycles. The van der Waals surface area contributed by atoms with Gasteiger partial charge >= 0.3 is 0 Å². The summed E-state index contributed by atoms with van der Waals surface area (Å²) in [5.41, 5.74) is 0.642. The number of ether oxygens (including phenoxy) is 2. The molecule has 130 valence electrons. The topological polar surface area (TPSA) is 72.5 Å². The number of aromatic nitrogens is 1. The van der Waals surface area contributed by atoms with E-state index in [1.54, 1.807) is 49.7 Å². The van der Waals surface area contributed by atoms with Crippen LogP contribution in [0, 0.1) is 0 Å². The average Bonchev–Trinajstić information content (AvgIpc) is 3.26. The zero-order valence-electron chi connectivity index (χ0n) is 14.1. The Balaban J connectivity index is 1.36. The highest BCUT2D eigenvalue weighted by Crippen LogP contribution is 2.28. The van der Waals surface area contributed by atoms with Crippen molar-refractivity contribution in [3.05, 3.63) is 48.2 Å². The molecule has 2 N–H and O–H groups in total. The molecular weight excluding hydrogens is 318 g/mol. The van der Waals surface area contributed by atoms with Gasteiger partial charge in [-0.1, -0.05) is 0 Å². The number of benzene rings is 1. The molecule has 2 fully saturated rings. The molecule has 4 rings (SSSR count). The van der Waals surface area contributed by atoms with Crippen LogP contribution in [-0.2, 0) is 0 Å². The van der Waals surface area contributed by atoms with Gasteiger partial charge in [-0.05, 0) is 49.6 Å². The second-order valence-electron chi connectivity index (χ2n) is 6.53. The average molecular weight is 339 g/mol. The first-order valence-electron chi connectivity index (χ1n) is 8.56. The quantitative estimate of drug-likeness (QED) is 0.876. The van der Waals surface area contributed by atoms with Crippen LogP contribution in [-0.4, -0.2) is 36.1 Å². The smallest absolute Gasteiger partial charge is 0.251 e. The van der Waals surface area contributed by atoms with E-state index in [0.29, 0.717) is 35.0 Å². The minimum Gasteiger partial charge on any atom is -0.481 e. The summed E-state index contributed by atoms with van der Waals surface area (Å²) in [6.07, 6.45) is 5.01. The van der Waals surface area contributed by atoms with Crippen LogP contribution in [0.5, 0.6) is 17.4 Å². The third kappa shape index (κ3) is 3.44. The maximum Gasteiger partial charge on any atom is 0.251 e. The van der Waals surface area contributed by atoms with Crippen molar-refractivity contribution in [3.63, 3.8) is 0 Å². The molecule has 2 bridgehead atoms. The minimum atomic E-state index is -0.0305. The second-order valence-corrected chi connectivity index (χ2v) is 6.53. The Bertz CT molecular complexity index is 746. The lowest BCUT2D eigenvalue weighted by molar-refractivity contribution is 0.0931. The van der Waals surface area contributed by atoms with Crippen molar-refractivity contribution < 1.29 is 14.3 Å². The molecule has 2 aliphatic heterocycles. The number of hydrogen-bond acceptors (Lipinski definition) is 5. The van der Waals surface area contributed by atoms with Gasteiger partial charge in [0.2, 0.25) is 5.88 Å². The van der Waals surface area contributed by atoms with Crippen LogP contribution >= 0.6 is 0 Å². The number of rotatable bonds is 5. The van der Waals surface area contributed by atoms with Gasteiger partial charge in [-0.15, -0.1) is 0 Å². The highest BCUT2D eigenvalue weighted by molar-refractivity contribution is 5.94. The summed E-state index contributed by atoms with van der Waals surface area (Å²) in [6, 6.07) is 11.9. The highest BCUT2D eigenvalue weighted by Gasteiger charge is 2.39. The standard InChI is InChI=1S/C19H21N3O3/c1-24-18-9-7-15(11-20-18)25-14-5-2-12(3-6-14)19(23)22-17-10-13-4-8-16(17)21-13/h2-3,5-7,9,11,13,16-17,21H,4,8,10H2,1H3,(H,22,23)/t13-,16+,17-/m1/s1. The summed E-state index contributed by atoms with van der Waals surface area (Å²) in [5.74, 6) is 1.78. The van der Waals surface area contributed by atoms with Gasteiger partial charge in [0.25, 0.3) is 5.91 Å². The van der Waals surface area contributed by atoms with Gasteiger partial charge in [0.1, 0.15) is 11.5 Å². The highest BCUT2D eigenvalue weighted by atomic mass is 16.5. The van der Waals surface area contributed by atoms with Gasteiger partial charge in [-0.25, -0.2) is 4.98 Å². The largest absolute Gasteiger partial charge is 0.481 e. The Hall–Kier alpha value is -2.60. The van der Waals surface area contributed by atoms with Crippen molar-refractivity contribution >= 4 is 5.91 Å². The molecule has 2 saturated heterocycles. The van der Waals surface area contributed by atoms with E-state index in [1.165, 1.54) is 6.42 Å². The first-order valence-corrected chi connectivity index (χ1v) is 8.56. The van der Waals surface area contributed by atoms with Crippen molar-refractivity contribution in [2.24, 2.45) is 0 Å². The molecule has 1 aromatic heterocycles. The monoisotopic (exact) mass is 339 g/mol. The molecule has 6 nitrogen and oxygen atoms in total. The Morgan fingerprint density at radius 2 is 1.96 bits per heavy atom. The predicted octanol–water partition coefficient (Wildman–Crippen LogP) is 2.51. The third-order valence-corrected chi connectivity index (χ3v) is 4.89. The van der Waals surface area contributed by atoms with Crippen molar-refractivity contribution in [1.82, 2.24) is 15.6 Å². The van der Waals surface area contributed by atoms with E-state index in [-0.39, 0.29) is 11.9 Å². The van der Waals surface area contributed by atoms with E-state index >= 15 is 0 Å². The number of fused-ring (bicyclic) bond motifs is 2. The van der Waals surface area contributed by atoms with Crippen molar-refractivity contribution in [2.75, 3.05) is 7.11 Å². The first-order chi connectivity index (χ1) is 12.2. The fraction of sp³-hybridized carbons (Fsp3) is 0.368. The predicted molar refractivity (Wildman–Crippen MR) is 93.1 cm³/mol. The minimum absolute atomic E-state index is 0.0305. The number of pyridine rings is 1. The van der Waals surface area contributed by atoms with E-state index in [4.69, 9.17) is 9.47 Å². The molecule has 1 amide bonds. The molecule has 0 radical (unpaired) electrons. The first kappa shape index (κ1) is 15.9. The lowest BCUT2D eigenvalue weighted by atomic mass is 9.95. The van der Waals surface area contributed by atoms with Crippen LogP contribution in [0.15, 0.2) is 42.6 Å². The molecule has 2 aliphatic rings. The van der Waals surface area contributed by atoms with Crippen LogP contribution < -0.4 is 20.1 Å². The maximum absolute atomic E-state index is 12.4. The molecule has 0 aliphatic carbocycles. The summed E-state index contributed by atoms with van der Waals surface area (Å²) in [6.45, 7) is 0. The molecule has 6 heteroatoms. The number of carbonyl (C=O) groups excluding carboxylic acids is 1. The summed E-state index contributed by atoms with van der Waals surface area (Å²) < 4.78 is 10.7. The van der Waals surface area contributed by atoms with Crippen molar-refractivity contribution in [2.45, 2.75) is 37.4 Å². The van der Waals surface area contributed by atoms with E-state index < -0.39 is 0 Å². The van der Waals surface area contributed by atoms with Crippen LogP contribution in [0.1, 0.15) is 29.6 Å². The van der Waals surface area contributed by atoms with Gasteiger partial charge in [0.05, 0.1) is 13.3 Å². The fourth-order valence-electron chi connectivity index (χ4n) is 3.59. The van der Waals surface area contributed by atoms with Gasteiger partial charge in [0.15, 0.2) is 0 Å². The van der Waals surface area contributed by atoms with E-state index in [2.05, 4.69) is 15.6 Å². The maximum atomic E-state index is 12.4. The fourth-order valence-corrected chi connectivity index (χ4v) is 3.59. The zero-order chi connectivity index (χ0) is 17.2. The van der Waals surface area contributed by atoms with Gasteiger partial charge in [0, 0.05) is 29.8 Å². The third-order valence-electron chi connectivity index (χ3n) is 4.89. The Morgan fingerprint density at radius 3 is 2.56 bits per heavy atom. The lowest BCUT2D eigenvalue weighted by Gasteiger charge is -2.21. The molecule has 3 atom stereocenters. The Kier molecular flexibility index (Phi) is 4.28. The molecule has 2 aromatic rings. The van der Waals surface area contributed by atoms with Crippen LogP contribution in [0.3, 0.4) is 0 Å². The summed E-state index contributed by atoms with van der Waals surface area (Å²) in [4.78, 5) is 16.5. The molecule has 0 unspecified atom stereocenters. The Labute approximate surface area is 146 Å². The molecule has 25 heavy (non-hydrogen) atoms. The lowest BCUT2D eigenvalue weighted by Crippen LogP contribution is -2.42. The Morgan fingerprint density at radius 1 is 1.16 bits per heavy atom. The van der Waals surface area contributed by atoms with Crippen LogP contribution in [0.25, 0.3) is 0 Å². The van der Waals surface area contributed by atoms with Crippen LogP contribution in [0.4, 0.5) is 0 Å². The SMILES string of the molecule is COc1ccc(Oc2ccc(C(=O)N[C@@H]3C[C@H]4CC[C@@H]3N4)cc2)cn1. The summed E-state index contributed by atoms with van der Waals surface area (Å²) in [5, 5.41) is 6.67. The molecule has 0 saturated carbocycles. The normalized spacial score (nSPS) is 24.1. The summed E-state index contributed by atoms with van der Waals surface area (Å²) >= 11 is 0. The molecule has 1 aromatic carbocycles. The number of hydrogen-bond donors (Lipinski definition) is 2. The van der Waals surface area contributed by atoms with E-state index in [9.17, 15) is 4.79 Å². The van der Waals surface area contributed by atoms with E-state index in [0.717, 1.165) is 12.8 Å². The second kappa shape index (κ2) is 6.72. The van der Waals surface area contributed by atoms with Gasteiger partial charge in [-0.2, -0.15) is 0 Å².